The molecule has 0 aromatic heterocycles. The molecule has 2 aromatic carbocycles. The molecule has 0 unspecified atom stereocenters. The van der Waals surface area contributed by atoms with Crippen molar-refractivity contribution in [1.82, 2.24) is 0 Å². The van der Waals surface area contributed by atoms with Gasteiger partial charge >= 0.3 is 5.97 Å². The third kappa shape index (κ3) is 4.35. The Balaban J connectivity index is 2.12. The van der Waals surface area contributed by atoms with Crippen molar-refractivity contribution in [3.63, 3.8) is 0 Å². The summed E-state index contributed by atoms with van der Waals surface area (Å²) in [7, 11) is 4.67. The van der Waals surface area contributed by atoms with Gasteiger partial charge in [0.05, 0.1) is 32.8 Å². The fourth-order valence-corrected chi connectivity index (χ4v) is 3.37. The number of esters is 1. The number of hydrogen-bond donors (Lipinski definition) is 0. The lowest BCUT2D eigenvalue weighted by atomic mass is 9.85. The number of ether oxygens (including phenoxy) is 4. The molecule has 0 aliphatic carbocycles. The van der Waals surface area contributed by atoms with Gasteiger partial charge < -0.3 is 23.8 Å². The molecule has 2 atom stereocenters. The summed E-state index contributed by atoms with van der Waals surface area (Å²) < 4.78 is 22.1. The van der Waals surface area contributed by atoms with E-state index >= 15 is 0 Å². The number of carbonyl (C=O) groups excluding carboxylic acids is 1. The molecular weight excluding hydrogens is 386 g/mol. The lowest BCUT2D eigenvalue weighted by Crippen LogP contribution is -2.36. The van der Waals surface area contributed by atoms with Crippen LogP contribution in [0.4, 0.5) is 0 Å². The van der Waals surface area contributed by atoms with E-state index in [2.05, 4.69) is 5.16 Å². The molecule has 3 rings (SSSR count). The van der Waals surface area contributed by atoms with E-state index in [4.69, 9.17) is 23.8 Å². The Morgan fingerprint density at radius 3 is 2.07 bits per heavy atom. The second-order valence-corrected chi connectivity index (χ2v) is 7.83. The van der Waals surface area contributed by atoms with Gasteiger partial charge in [0.1, 0.15) is 28.6 Å². The van der Waals surface area contributed by atoms with Gasteiger partial charge in [0.15, 0.2) is 0 Å². The van der Waals surface area contributed by atoms with E-state index in [1.807, 2.05) is 51.1 Å². The van der Waals surface area contributed by atoms with Crippen LogP contribution in [-0.4, -0.2) is 44.7 Å². The molecule has 7 nitrogen and oxygen atoms in total. The van der Waals surface area contributed by atoms with Crippen LogP contribution in [0.25, 0.3) is 0 Å². The summed E-state index contributed by atoms with van der Waals surface area (Å²) in [5.74, 6) is 0.587. The lowest BCUT2D eigenvalue weighted by Gasteiger charge is -2.25. The van der Waals surface area contributed by atoms with E-state index in [0.29, 0.717) is 28.5 Å². The standard InChI is InChI=1S/C23H27NO6/c1-23(2,3)29-22(25)21-18(14-10-8-7-9-11-14)20(24-30-21)19-16(27-5)12-15(26-4)13-17(19)28-6/h7-13,18,21H,1-6H3/t18-,21-/m1/s1. The van der Waals surface area contributed by atoms with E-state index < -0.39 is 23.6 Å². The Bertz CT molecular complexity index is 907. The molecule has 1 heterocycles. The molecule has 0 N–H and O–H groups in total. The molecule has 1 aliphatic rings. The minimum atomic E-state index is -0.932. The quantitative estimate of drug-likeness (QED) is 0.668. The van der Waals surface area contributed by atoms with E-state index in [9.17, 15) is 4.79 Å². The number of rotatable bonds is 6. The van der Waals surface area contributed by atoms with Crippen LogP contribution in [-0.2, 0) is 14.4 Å². The van der Waals surface area contributed by atoms with E-state index in [1.165, 1.54) is 0 Å². The van der Waals surface area contributed by atoms with Gasteiger partial charge in [-0.2, -0.15) is 0 Å². The van der Waals surface area contributed by atoms with Crippen LogP contribution in [0.2, 0.25) is 0 Å². The maximum Gasteiger partial charge on any atom is 0.351 e. The molecule has 1 aliphatic heterocycles. The SMILES string of the molecule is COc1cc(OC)c(C2=NO[C@@H](C(=O)OC(C)(C)C)[C@@H]2c2ccccc2)c(OC)c1. The van der Waals surface area contributed by atoms with Gasteiger partial charge in [-0.05, 0) is 26.3 Å². The molecule has 7 heteroatoms. The van der Waals surface area contributed by atoms with Crippen LogP contribution in [0, 0.1) is 0 Å². The van der Waals surface area contributed by atoms with Crippen LogP contribution in [0.5, 0.6) is 17.2 Å². The fraction of sp³-hybridized carbons (Fsp3) is 0.391. The Morgan fingerprint density at radius 1 is 0.967 bits per heavy atom. The third-order valence-electron chi connectivity index (χ3n) is 4.63. The molecule has 0 amide bonds. The largest absolute Gasteiger partial charge is 0.496 e. The zero-order valence-electron chi connectivity index (χ0n) is 18.1. The van der Waals surface area contributed by atoms with Gasteiger partial charge in [0, 0.05) is 12.1 Å². The Labute approximate surface area is 176 Å². The van der Waals surface area contributed by atoms with Gasteiger partial charge in [0.25, 0.3) is 0 Å². The summed E-state index contributed by atoms with van der Waals surface area (Å²) >= 11 is 0. The molecular formula is C23H27NO6. The highest BCUT2D eigenvalue weighted by Gasteiger charge is 2.45. The average Bonchev–Trinajstić information content (AvgIpc) is 3.16. The molecule has 2 aromatic rings. The maximum atomic E-state index is 12.9. The fourth-order valence-electron chi connectivity index (χ4n) is 3.37. The summed E-state index contributed by atoms with van der Waals surface area (Å²) in [6.07, 6.45) is -0.932. The molecule has 160 valence electrons. The molecule has 30 heavy (non-hydrogen) atoms. The summed E-state index contributed by atoms with van der Waals surface area (Å²) in [4.78, 5) is 18.5. The minimum Gasteiger partial charge on any atom is -0.496 e. The zero-order valence-corrected chi connectivity index (χ0v) is 18.1. The van der Waals surface area contributed by atoms with E-state index in [0.717, 1.165) is 5.56 Å². The van der Waals surface area contributed by atoms with Crippen LogP contribution < -0.4 is 14.2 Å². The maximum absolute atomic E-state index is 12.9. The first kappa shape index (κ1) is 21.5. The first-order valence-corrected chi connectivity index (χ1v) is 9.61. The van der Waals surface area contributed by atoms with Crippen molar-refractivity contribution in [3.05, 3.63) is 53.6 Å². The normalized spacial score (nSPS) is 18.3. The number of methoxy groups -OCH3 is 3. The van der Waals surface area contributed by atoms with E-state index in [1.54, 1.807) is 33.5 Å². The van der Waals surface area contributed by atoms with Gasteiger partial charge in [-0.25, -0.2) is 4.79 Å². The predicted octanol–water partition coefficient (Wildman–Crippen LogP) is 3.94. The average molecular weight is 413 g/mol. The van der Waals surface area contributed by atoms with Crippen molar-refractivity contribution in [2.45, 2.75) is 38.4 Å². The summed E-state index contributed by atoms with van der Waals surface area (Å²) in [6, 6.07) is 13.0. The number of benzene rings is 2. The highest BCUT2D eigenvalue weighted by Crippen LogP contribution is 2.42. The van der Waals surface area contributed by atoms with Gasteiger partial charge in [0.2, 0.25) is 6.10 Å². The molecule has 0 saturated heterocycles. The second kappa shape index (κ2) is 8.65. The third-order valence-corrected chi connectivity index (χ3v) is 4.63. The number of nitrogens with zero attached hydrogens (tertiary/aromatic N) is 1. The lowest BCUT2D eigenvalue weighted by molar-refractivity contribution is -0.167. The van der Waals surface area contributed by atoms with Crippen LogP contribution in [0.15, 0.2) is 47.6 Å². The Kier molecular flexibility index (Phi) is 6.20. The topological polar surface area (TPSA) is 75.6 Å². The number of carbonyl (C=O) groups is 1. The smallest absolute Gasteiger partial charge is 0.351 e. The molecule has 0 spiro atoms. The summed E-state index contributed by atoms with van der Waals surface area (Å²) in [6.45, 7) is 5.44. The number of hydrogen-bond acceptors (Lipinski definition) is 7. The number of oxime groups is 1. The first-order chi connectivity index (χ1) is 14.3. The van der Waals surface area contributed by atoms with Gasteiger partial charge in [-0.15, -0.1) is 0 Å². The summed E-state index contributed by atoms with van der Waals surface area (Å²) in [5, 5.41) is 4.28. The molecule has 0 saturated carbocycles. The second-order valence-electron chi connectivity index (χ2n) is 7.83. The Morgan fingerprint density at radius 2 is 1.57 bits per heavy atom. The monoisotopic (exact) mass is 413 g/mol. The van der Waals surface area contributed by atoms with Crippen molar-refractivity contribution < 1.29 is 28.6 Å². The van der Waals surface area contributed by atoms with Crippen molar-refractivity contribution >= 4 is 11.7 Å². The van der Waals surface area contributed by atoms with Crippen LogP contribution in [0.3, 0.4) is 0 Å². The molecule has 0 radical (unpaired) electrons. The van der Waals surface area contributed by atoms with Crippen LogP contribution >= 0.6 is 0 Å². The molecule has 0 fully saturated rings. The molecule has 0 bridgehead atoms. The van der Waals surface area contributed by atoms with Crippen molar-refractivity contribution in [1.29, 1.82) is 0 Å². The van der Waals surface area contributed by atoms with Crippen LogP contribution in [0.1, 0.15) is 37.8 Å². The minimum absolute atomic E-state index is 0.485. The highest BCUT2D eigenvalue weighted by molar-refractivity contribution is 6.12. The first-order valence-electron chi connectivity index (χ1n) is 9.61. The van der Waals surface area contributed by atoms with Gasteiger partial charge in [-0.1, -0.05) is 35.5 Å². The van der Waals surface area contributed by atoms with E-state index in [-0.39, 0.29) is 0 Å². The highest BCUT2D eigenvalue weighted by atomic mass is 16.7. The van der Waals surface area contributed by atoms with Crippen molar-refractivity contribution in [2.75, 3.05) is 21.3 Å². The zero-order chi connectivity index (χ0) is 21.9. The van der Waals surface area contributed by atoms with Crippen molar-refractivity contribution in [3.8, 4) is 17.2 Å². The van der Waals surface area contributed by atoms with Crippen molar-refractivity contribution in [2.24, 2.45) is 5.16 Å². The summed E-state index contributed by atoms with van der Waals surface area (Å²) in [5.41, 5.74) is 1.33. The van der Waals surface area contributed by atoms with Gasteiger partial charge in [-0.3, -0.25) is 0 Å². The Hall–Kier alpha value is -3.22. The predicted molar refractivity (Wildman–Crippen MR) is 113 cm³/mol.